The average molecular weight is 403 g/mol. The molecule has 1 aliphatic carbocycles. The highest BCUT2D eigenvalue weighted by atomic mass is 14.5. The summed E-state index contributed by atoms with van der Waals surface area (Å²) >= 11 is 0. The van der Waals surface area contributed by atoms with Crippen LogP contribution in [0.1, 0.15) is 64.3 Å². The van der Waals surface area contributed by atoms with Crippen LogP contribution in [-0.2, 0) is 5.41 Å². The lowest BCUT2D eigenvalue weighted by Gasteiger charge is -2.34. The van der Waals surface area contributed by atoms with Crippen molar-refractivity contribution in [3.05, 3.63) is 129 Å². The van der Waals surface area contributed by atoms with E-state index in [1.807, 2.05) is 0 Å². The molecule has 0 aromatic heterocycles. The number of rotatable bonds is 3. The van der Waals surface area contributed by atoms with Gasteiger partial charge >= 0.3 is 0 Å². The molecule has 0 N–H and O–H groups in total. The Kier molecular flexibility index (Phi) is 4.63. The van der Waals surface area contributed by atoms with Crippen molar-refractivity contribution in [1.82, 2.24) is 0 Å². The van der Waals surface area contributed by atoms with Gasteiger partial charge in [0, 0.05) is 0 Å². The molecule has 0 heteroatoms. The molecule has 4 aromatic rings. The summed E-state index contributed by atoms with van der Waals surface area (Å²) in [4.78, 5) is 0. The maximum Gasteiger partial charge on any atom is 0.0713 e. The molecule has 0 saturated heterocycles. The van der Waals surface area contributed by atoms with Crippen molar-refractivity contribution in [3.8, 4) is 11.1 Å². The molecule has 5 rings (SSSR count). The quantitative estimate of drug-likeness (QED) is 0.286. The van der Waals surface area contributed by atoms with Gasteiger partial charge in [-0.2, -0.15) is 0 Å². The molecule has 0 atom stereocenters. The van der Waals surface area contributed by atoms with Gasteiger partial charge in [0.25, 0.3) is 0 Å². The Morgan fingerprint density at radius 3 is 1.39 bits per heavy atom. The molecular weight excluding hydrogens is 372 g/mol. The highest BCUT2D eigenvalue weighted by Gasteiger charge is 2.46. The number of hydrogen-bond acceptors (Lipinski definition) is 0. The van der Waals surface area contributed by atoms with Gasteiger partial charge in [0.2, 0.25) is 0 Å². The van der Waals surface area contributed by atoms with Crippen LogP contribution in [-0.4, -0.2) is 0 Å². The first kappa shape index (κ1) is 19.8. The van der Waals surface area contributed by atoms with Gasteiger partial charge in [-0.05, 0) is 65.6 Å². The highest BCUT2D eigenvalue weighted by Crippen LogP contribution is 2.56. The SMILES string of the molecule is Cc1ccc(C2(c3ccc(C(C)C)cc3)c3cc(C)ccc3-c3ccc(C)cc32)cc1. The van der Waals surface area contributed by atoms with Crippen LogP contribution in [0, 0.1) is 20.8 Å². The van der Waals surface area contributed by atoms with Gasteiger partial charge in [0.05, 0.1) is 5.41 Å². The third-order valence-corrected chi connectivity index (χ3v) is 6.94. The van der Waals surface area contributed by atoms with Crippen LogP contribution in [0.3, 0.4) is 0 Å². The van der Waals surface area contributed by atoms with Crippen molar-refractivity contribution in [3.63, 3.8) is 0 Å². The van der Waals surface area contributed by atoms with E-state index in [9.17, 15) is 0 Å². The number of hydrogen-bond donors (Lipinski definition) is 0. The minimum atomic E-state index is -0.300. The zero-order valence-electron chi connectivity index (χ0n) is 19.2. The summed E-state index contributed by atoms with van der Waals surface area (Å²) in [6.45, 7) is 11.1. The summed E-state index contributed by atoms with van der Waals surface area (Å²) in [5.41, 5.74) is 13.2. The molecule has 154 valence electrons. The fraction of sp³-hybridized carbons (Fsp3) is 0.226. The van der Waals surface area contributed by atoms with E-state index < -0.39 is 0 Å². The third-order valence-electron chi connectivity index (χ3n) is 6.94. The molecule has 4 aromatic carbocycles. The lowest BCUT2D eigenvalue weighted by molar-refractivity contribution is 0.763. The third kappa shape index (κ3) is 2.97. The second-order valence-corrected chi connectivity index (χ2v) is 9.49. The Labute approximate surface area is 186 Å². The van der Waals surface area contributed by atoms with Gasteiger partial charge in [-0.25, -0.2) is 0 Å². The molecular formula is C31H30. The molecule has 31 heavy (non-hydrogen) atoms. The van der Waals surface area contributed by atoms with Crippen LogP contribution < -0.4 is 0 Å². The van der Waals surface area contributed by atoms with E-state index in [1.54, 1.807) is 0 Å². The van der Waals surface area contributed by atoms with E-state index in [2.05, 4.69) is 120 Å². The van der Waals surface area contributed by atoms with Crippen molar-refractivity contribution in [2.75, 3.05) is 0 Å². The molecule has 0 bridgehead atoms. The molecule has 0 heterocycles. The summed E-state index contributed by atoms with van der Waals surface area (Å²) in [5, 5.41) is 0. The number of benzene rings is 4. The summed E-state index contributed by atoms with van der Waals surface area (Å²) in [6.07, 6.45) is 0. The first-order valence-corrected chi connectivity index (χ1v) is 11.3. The van der Waals surface area contributed by atoms with Gasteiger partial charge in [-0.15, -0.1) is 0 Å². The smallest absolute Gasteiger partial charge is 0.0590 e. The summed E-state index contributed by atoms with van der Waals surface area (Å²) in [7, 11) is 0. The van der Waals surface area contributed by atoms with E-state index >= 15 is 0 Å². The van der Waals surface area contributed by atoms with Gasteiger partial charge in [0.1, 0.15) is 0 Å². The van der Waals surface area contributed by atoms with Gasteiger partial charge in [-0.3, -0.25) is 0 Å². The Morgan fingerprint density at radius 1 is 0.516 bits per heavy atom. The fourth-order valence-electron chi connectivity index (χ4n) is 5.26. The monoisotopic (exact) mass is 402 g/mol. The molecule has 0 saturated carbocycles. The van der Waals surface area contributed by atoms with Crippen LogP contribution in [0.25, 0.3) is 11.1 Å². The fourth-order valence-corrected chi connectivity index (χ4v) is 5.26. The van der Waals surface area contributed by atoms with Crippen molar-refractivity contribution in [1.29, 1.82) is 0 Å². The molecule has 0 unspecified atom stereocenters. The molecule has 0 nitrogen and oxygen atoms in total. The maximum atomic E-state index is 2.40. The molecule has 1 aliphatic rings. The van der Waals surface area contributed by atoms with Crippen molar-refractivity contribution >= 4 is 0 Å². The maximum absolute atomic E-state index is 2.40. The zero-order valence-corrected chi connectivity index (χ0v) is 19.2. The van der Waals surface area contributed by atoms with Crippen LogP contribution >= 0.6 is 0 Å². The Balaban J connectivity index is 1.92. The van der Waals surface area contributed by atoms with Crippen molar-refractivity contribution in [2.45, 2.75) is 46.0 Å². The molecule has 0 radical (unpaired) electrons. The molecule has 0 fully saturated rings. The summed E-state index contributed by atoms with van der Waals surface area (Å²) in [5.74, 6) is 0.525. The lowest BCUT2D eigenvalue weighted by Crippen LogP contribution is -2.28. The molecule has 0 amide bonds. The standard InChI is InChI=1S/C31H30/c1-20(2)24-10-14-26(15-11-24)31(25-12-6-21(3)7-13-25)29-18-22(4)8-16-27(29)28-17-9-23(5)19-30(28)31/h6-20H,1-5H3. The van der Waals surface area contributed by atoms with Crippen LogP contribution in [0.2, 0.25) is 0 Å². The van der Waals surface area contributed by atoms with Gasteiger partial charge < -0.3 is 0 Å². The topological polar surface area (TPSA) is 0 Å². The van der Waals surface area contributed by atoms with Crippen molar-refractivity contribution < 1.29 is 0 Å². The highest BCUT2D eigenvalue weighted by molar-refractivity contribution is 5.86. The predicted octanol–water partition coefficient (Wildman–Crippen LogP) is 8.10. The van der Waals surface area contributed by atoms with Gasteiger partial charge in [-0.1, -0.05) is 115 Å². The number of fused-ring (bicyclic) bond motifs is 3. The van der Waals surface area contributed by atoms with E-state index in [4.69, 9.17) is 0 Å². The Hall–Kier alpha value is -3.12. The Morgan fingerprint density at radius 2 is 0.935 bits per heavy atom. The van der Waals surface area contributed by atoms with Crippen molar-refractivity contribution in [2.24, 2.45) is 0 Å². The number of aryl methyl sites for hydroxylation is 3. The van der Waals surface area contributed by atoms with E-state index in [0.717, 1.165) is 0 Å². The molecule has 0 spiro atoms. The van der Waals surface area contributed by atoms with Crippen LogP contribution in [0.4, 0.5) is 0 Å². The largest absolute Gasteiger partial charge is 0.0713 e. The zero-order chi connectivity index (χ0) is 21.8. The van der Waals surface area contributed by atoms with E-state index in [0.29, 0.717) is 5.92 Å². The minimum Gasteiger partial charge on any atom is -0.0590 e. The van der Waals surface area contributed by atoms with E-state index in [-0.39, 0.29) is 5.41 Å². The minimum absolute atomic E-state index is 0.300. The lowest BCUT2D eigenvalue weighted by atomic mass is 9.67. The molecule has 0 aliphatic heterocycles. The summed E-state index contributed by atoms with van der Waals surface area (Å²) < 4.78 is 0. The van der Waals surface area contributed by atoms with Gasteiger partial charge in [0.15, 0.2) is 0 Å². The second-order valence-electron chi connectivity index (χ2n) is 9.49. The normalized spacial score (nSPS) is 13.9. The predicted molar refractivity (Wildman–Crippen MR) is 132 cm³/mol. The first-order valence-electron chi connectivity index (χ1n) is 11.3. The first-order chi connectivity index (χ1) is 14.9. The van der Waals surface area contributed by atoms with E-state index in [1.165, 1.54) is 55.6 Å². The second kappa shape index (κ2) is 7.24. The van der Waals surface area contributed by atoms with Crippen LogP contribution in [0.5, 0.6) is 0 Å². The Bertz CT molecular complexity index is 1200. The average Bonchev–Trinajstić information content (AvgIpc) is 3.04. The van der Waals surface area contributed by atoms with Crippen LogP contribution in [0.15, 0.2) is 84.9 Å². The summed E-state index contributed by atoms with van der Waals surface area (Å²) in [6, 6.07) is 32.5.